The predicted molar refractivity (Wildman–Crippen MR) is 209 cm³/mol. The Kier molecular flexibility index (Phi) is 20.5. The summed E-state index contributed by atoms with van der Waals surface area (Å²) in [4.78, 5) is 32.6. The molecule has 6 nitrogen and oxygen atoms in total. The third kappa shape index (κ3) is 19.3. The van der Waals surface area contributed by atoms with Gasteiger partial charge in [0.25, 0.3) is 0 Å². The fraction of sp³-hybridized carbons (Fsp3) is 0.952. The van der Waals surface area contributed by atoms with Crippen LogP contribution < -0.4 is 0 Å². The maximum absolute atomic E-state index is 11.7. The first-order valence-electron chi connectivity index (χ1n) is 20.4. The molecule has 2 amide bonds. The van der Waals surface area contributed by atoms with Gasteiger partial charge in [0.1, 0.15) is 0 Å². The van der Waals surface area contributed by atoms with Gasteiger partial charge in [0.05, 0.1) is 0 Å². The van der Waals surface area contributed by atoms with Gasteiger partial charge in [-0.15, -0.1) is 0 Å². The smallest absolute Gasteiger partial charge is 0.222 e. The normalized spacial score (nSPS) is 22.1. The number of carbonyl (C=O) groups excluding carboxylic acids is 2. The number of amides is 2. The number of likely N-dealkylation sites (tertiary alicyclic amines) is 4. The summed E-state index contributed by atoms with van der Waals surface area (Å²) < 4.78 is 0. The molecule has 4 aliphatic heterocycles. The van der Waals surface area contributed by atoms with Crippen molar-refractivity contribution < 1.29 is 9.59 Å². The highest BCUT2D eigenvalue weighted by Gasteiger charge is 2.28. The summed E-state index contributed by atoms with van der Waals surface area (Å²) in [5, 5.41) is 0. The molecule has 4 rings (SSSR count). The van der Waals surface area contributed by atoms with Gasteiger partial charge in [-0.3, -0.25) is 19.4 Å². The molecule has 4 aliphatic rings. The van der Waals surface area contributed by atoms with E-state index in [9.17, 15) is 9.59 Å². The summed E-state index contributed by atoms with van der Waals surface area (Å²) in [6.07, 6.45) is 22.5. The summed E-state index contributed by atoms with van der Waals surface area (Å²) in [6, 6.07) is 0. The van der Waals surface area contributed by atoms with Crippen LogP contribution in [-0.2, 0) is 9.59 Å². The Balaban J connectivity index is 0.000000320. The third-order valence-corrected chi connectivity index (χ3v) is 10.4. The van der Waals surface area contributed by atoms with Gasteiger partial charge in [-0.1, -0.05) is 51.4 Å². The largest absolute Gasteiger partial charge is 0.338 e. The van der Waals surface area contributed by atoms with Crippen LogP contribution in [0.5, 0.6) is 0 Å². The van der Waals surface area contributed by atoms with Crippen molar-refractivity contribution in [3.8, 4) is 0 Å². The molecular weight excluding hydrogens is 592 g/mol. The molecule has 0 radical (unpaired) electrons. The molecule has 48 heavy (non-hydrogen) atoms. The van der Waals surface area contributed by atoms with Gasteiger partial charge in [0.2, 0.25) is 11.8 Å². The Labute approximate surface area is 300 Å². The van der Waals surface area contributed by atoms with E-state index in [0.29, 0.717) is 22.9 Å². The molecule has 0 spiro atoms. The van der Waals surface area contributed by atoms with E-state index >= 15 is 0 Å². The first-order valence-corrected chi connectivity index (χ1v) is 20.4. The zero-order chi connectivity index (χ0) is 36.4. The van der Waals surface area contributed by atoms with E-state index in [1.165, 1.54) is 116 Å². The van der Waals surface area contributed by atoms with Crippen LogP contribution in [0.2, 0.25) is 0 Å². The Morgan fingerprint density at radius 2 is 0.542 bits per heavy atom. The molecular formula is C42H84N4O2. The maximum atomic E-state index is 11.7. The quantitative estimate of drug-likeness (QED) is 0.256. The number of hydrogen-bond acceptors (Lipinski definition) is 4. The Morgan fingerprint density at radius 1 is 0.312 bits per heavy atom. The SMILES string of the molecule is CC(C)(C)N1CCCCCC1.CC(C)(C)N1CCCCCC1=O.CC(C)(C)N1CCCCCCC1.CC(C)(C)N1CCCCCCC1=O. The second kappa shape index (κ2) is 21.9. The van der Waals surface area contributed by atoms with Crippen LogP contribution in [0.25, 0.3) is 0 Å². The molecule has 6 heteroatoms. The average molecular weight is 677 g/mol. The van der Waals surface area contributed by atoms with E-state index in [1.54, 1.807) is 0 Å². The van der Waals surface area contributed by atoms with Crippen molar-refractivity contribution in [1.82, 2.24) is 19.6 Å². The summed E-state index contributed by atoms with van der Waals surface area (Å²) in [6.45, 7) is 33.7. The lowest BCUT2D eigenvalue weighted by molar-refractivity contribution is -0.137. The van der Waals surface area contributed by atoms with Crippen molar-refractivity contribution >= 4 is 11.8 Å². The van der Waals surface area contributed by atoms with Crippen LogP contribution >= 0.6 is 0 Å². The van der Waals surface area contributed by atoms with Gasteiger partial charge in [0, 0.05) is 48.1 Å². The summed E-state index contributed by atoms with van der Waals surface area (Å²) in [5.41, 5.74) is 0.803. The molecule has 0 aliphatic carbocycles. The van der Waals surface area contributed by atoms with Crippen LogP contribution in [-0.4, -0.2) is 92.8 Å². The first kappa shape index (κ1) is 44.9. The van der Waals surface area contributed by atoms with Crippen LogP contribution in [0.1, 0.15) is 199 Å². The third-order valence-electron chi connectivity index (χ3n) is 10.4. The zero-order valence-corrected chi connectivity index (χ0v) is 34.6. The zero-order valence-electron chi connectivity index (χ0n) is 34.6. The molecule has 0 unspecified atom stereocenters. The minimum absolute atomic E-state index is 0.00836. The Morgan fingerprint density at radius 3 is 0.812 bits per heavy atom. The molecule has 4 heterocycles. The van der Waals surface area contributed by atoms with Gasteiger partial charge in [0.15, 0.2) is 0 Å². The fourth-order valence-corrected chi connectivity index (χ4v) is 7.22. The average Bonchev–Trinajstić information content (AvgIpc) is 3.33. The standard InChI is InChI=1S/C11H21NO.C11H23N.C10H19NO.C10H21N/c1-11(2,3)12-9-7-5-4-6-8-10(12)13;1-11(2,3)12-9-7-5-4-6-8-10-12;1-10(2,3)11-8-6-4-5-7-9(11)12;1-10(2,3)11-8-6-4-5-7-9-11/h4-9H2,1-3H3;4-10H2,1-3H3;4-8H2,1-3H3;4-9H2,1-3H3. The van der Waals surface area contributed by atoms with Crippen LogP contribution in [0.15, 0.2) is 0 Å². The number of rotatable bonds is 0. The number of carbonyl (C=O) groups is 2. The molecule has 0 atom stereocenters. The lowest BCUT2D eigenvalue weighted by Crippen LogP contribution is -2.46. The summed E-state index contributed by atoms with van der Waals surface area (Å²) in [7, 11) is 0. The fourth-order valence-electron chi connectivity index (χ4n) is 7.22. The van der Waals surface area contributed by atoms with Crippen LogP contribution in [0.3, 0.4) is 0 Å². The molecule has 0 N–H and O–H groups in total. The van der Waals surface area contributed by atoms with E-state index in [-0.39, 0.29) is 11.1 Å². The van der Waals surface area contributed by atoms with Gasteiger partial charge in [-0.2, -0.15) is 0 Å². The molecule has 0 bridgehead atoms. The highest BCUT2D eigenvalue weighted by atomic mass is 16.2. The van der Waals surface area contributed by atoms with Gasteiger partial charge in [-0.25, -0.2) is 0 Å². The second-order valence-corrected chi connectivity index (χ2v) is 18.9. The maximum Gasteiger partial charge on any atom is 0.222 e. The van der Waals surface area contributed by atoms with Gasteiger partial charge < -0.3 is 9.80 Å². The molecule has 284 valence electrons. The summed E-state index contributed by atoms with van der Waals surface area (Å²) in [5.74, 6) is 0.673. The second-order valence-electron chi connectivity index (χ2n) is 18.9. The monoisotopic (exact) mass is 677 g/mol. The molecule has 0 aromatic heterocycles. The van der Waals surface area contributed by atoms with Crippen LogP contribution in [0.4, 0.5) is 0 Å². The van der Waals surface area contributed by atoms with Crippen molar-refractivity contribution in [3.05, 3.63) is 0 Å². The van der Waals surface area contributed by atoms with Crippen LogP contribution in [0, 0.1) is 0 Å². The van der Waals surface area contributed by atoms with Gasteiger partial charge >= 0.3 is 0 Å². The minimum Gasteiger partial charge on any atom is -0.338 e. The van der Waals surface area contributed by atoms with E-state index in [0.717, 1.165) is 38.8 Å². The van der Waals surface area contributed by atoms with Crippen molar-refractivity contribution in [1.29, 1.82) is 0 Å². The Hall–Kier alpha value is -1.14. The Bertz CT molecular complexity index is 858. The topological polar surface area (TPSA) is 47.1 Å². The highest BCUT2D eigenvalue weighted by Crippen LogP contribution is 2.22. The molecule has 4 saturated heterocycles. The van der Waals surface area contributed by atoms with E-state index in [1.807, 2.05) is 9.80 Å². The van der Waals surface area contributed by atoms with Crippen molar-refractivity contribution in [2.75, 3.05) is 39.3 Å². The number of nitrogens with zero attached hydrogens (tertiary/aromatic N) is 4. The lowest BCUT2D eigenvalue weighted by Gasteiger charge is -2.37. The molecule has 0 saturated carbocycles. The summed E-state index contributed by atoms with van der Waals surface area (Å²) >= 11 is 0. The van der Waals surface area contributed by atoms with Crippen molar-refractivity contribution in [2.24, 2.45) is 0 Å². The van der Waals surface area contributed by atoms with Crippen molar-refractivity contribution in [3.63, 3.8) is 0 Å². The van der Waals surface area contributed by atoms with E-state index in [4.69, 9.17) is 0 Å². The van der Waals surface area contributed by atoms with E-state index in [2.05, 4.69) is 92.9 Å². The number of hydrogen-bond donors (Lipinski definition) is 0. The lowest BCUT2D eigenvalue weighted by atomic mass is 10.0. The van der Waals surface area contributed by atoms with E-state index < -0.39 is 0 Å². The minimum atomic E-state index is 0.00836. The first-order chi connectivity index (χ1) is 22.2. The van der Waals surface area contributed by atoms with Gasteiger partial charge in [-0.05, 0) is 161 Å². The predicted octanol–water partition coefficient (Wildman–Crippen LogP) is 10.5. The van der Waals surface area contributed by atoms with Crippen molar-refractivity contribution in [2.45, 2.75) is 221 Å². The molecule has 0 aromatic rings. The molecule has 0 aromatic carbocycles. The highest BCUT2D eigenvalue weighted by molar-refractivity contribution is 5.77. The molecule has 4 fully saturated rings.